The maximum absolute atomic E-state index is 11.6. The second-order valence-electron chi connectivity index (χ2n) is 44.1. The molecule has 4 fully saturated rings. The van der Waals surface area contributed by atoms with E-state index in [2.05, 4.69) is 149 Å². The van der Waals surface area contributed by atoms with Crippen LogP contribution in [-0.4, -0.2) is 348 Å². The minimum absolute atomic E-state index is 0.00806. The zero-order valence-electron chi connectivity index (χ0n) is 101. The van der Waals surface area contributed by atoms with Gasteiger partial charge in [0.25, 0.3) is 0 Å². The largest absolute Gasteiger partial charge is 0.392 e. The van der Waals surface area contributed by atoms with E-state index in [1.165, 1.54) is 62.5 Å². The number of carbonyl (C=O) groups excluding carboxylic acids is 7. The molecule has 0 aromatic carbocycles. The molecular formula is C111H238N8O19S. The molecule has 0 saturated carbocycles. The molecular weight excluding hydrogens is 1780 g/mol. The van der Waals surface area contributed by atoms with Crippen molar-refractivity contribution in [3.8, 4) is 0 Å². The summed E-state index contributed by atoms with van der Waals surface area (Å²) in [7, 11) is 13.6. The van der Waals surface area contributed by atoms with Crippen molar-refractivity contribution in [1.82, 2.24) is 39.2 Å². The van der Waals surface area contributed by atoms with Crippen LogP contribution >= 0.6 is 0 Å². The van der Waals surface area contributed by atoms with E-state index in [0.29, 0.717) is 124 Å². The molecule has 0 radical (unpaired) electrons. The number of likely N-dealkylation sites (N-methyl/N-ethyl adjacent to an activating group) is 3. The van der Waals surface area contributed by atoms with Gasteiger partial charge in [0.2, 0.25) is 35.4 Å². The smallest absolute Gasteiger partial charge is 0.248 e. The number of sulfone groups is 1. The summed E-state index contributed by atoms with van der Waals surface area (Å²) in [6.45, 7) is 96.4. The van der Waals surface area contributed by atoms with Crippen LogP contribution in [-0.2, 0) is 81.3 Å². The van der Waals surface area contributed by atoms with Gasteiger partial charge in [-0.05, 0) is 196 Å². The first kappa shape index (κ1) is 158. The monoisotopic (exact) mass is 2020 g/mol. The van der Waals surface area contributed by atoms with Crippen molar-refractivity contribution in [3.63, 3.8) is 0 Å². The summed E-state index contributed by atoms with van der Waals surface area (Å²) < 4.78 is 62.0. The molecule has 2 atom stereocenters. The van der Waals surface area contributed by atoms with Crippen molar-refractivity contribution in [2.45, 2.75) is 428 Å². The number of methoxy groups -OCH3 is 1. The van der Waals surface area contributed by atoms with E-state index >= 15 is 0 Å². The minimum atomic E-state index is -2.80. The highest BCUT2D eigenvalue weighted by molar-refractivity contribution is 7.90. The van der Waals surface area contributed by atoms with Gasteiger partial charge in [-0.25, -0.2) is 8.42 Å². The van der Waals surface area contributed by atoms with Gasteiger partial charge >= 0.3 is 0 Å². The topological polar surface area (TPSA) is 294 Å². The van der Waals surface area contributed by atoms with Crippen molar-refractivity contribution in [2.75, 3.05) is 194 Å². The molecule has 4 aliphatic heterocycles. The number of carbonyl (C=O) groups is 7. The highest BCUT2D eigenvalue weighted by Gasteiger charge is 2.28. The first-order chi connectivity index (χ1) is 63.7. The lowest BCUT2D eigenvalue weighted by Gasteiger charge is -2.33. The van der Waals surface area contributed by atoms with Crippen molar-refractivity contribution < 1.29 is 90.1 Å². The van der Waals surface area contributed by atoms with Crippen LogP contribution in [0.15, 0.2) is 0 Å². The van der Waals surface area contributed by atoms with Gasteiger partial charge in [0, 0.05) is 171 Å². The first-order valence-electron chi connectivity index (χ1n) is 53.4. The van der Waals surface area contributed by atoms with Gasteiger partial charge in [0.05, 0.1) is 87.6 Å². The number of hydrogen-bond donors (Lipinski definition) is 2. The number of piperazine rings is 2. The molecule has 4 rings (SSSR count). The van der Waals surface area contributed by atoms with Gasteiger partial charge in [0.15, 0.2) is 0 Å². The van der Waals surface area contributed by atoms with Crippen LogP contribution in [0.5, 0.6) is 0 Å². The van der Waals surface area contributed by atoms with E-state index in [-0.39, 0.29) is 89.1 Å². The highest BCUT2D eigenvalue weighted by Crippen LogP contribution is 2.27. The lowest BCUT2D eigenvalue weighted by Crippen LogP contribution is -2.48. The third-order valence-corrected chi connectivity index (χ3v) is 22.0. The van der Waals surface area contributed by atoms with E-state index in [1.54, 1.807) is 66.1 Å². The summed E-state index contributed by atoms with van der Waals surface area (Å²) in [6.07, 6.45) is 18.8. The molecule has 27 nitrogen and oxygen atoms in total. The number of aliphatic hydroxyl groups excluding tert-OH is 2. The number of ether oxygens (including phenoxy) is 8. The van der Waals surface area contributed by atoms with Crippen LogP contribution in [0.4, 0.5) is 0 Å². The fraction of sp³-hybridized carbons (Fsp3) is 0.937. The molecule has 2 N–H and O–H groups in total. The molecule has 0 aromatic heterocycles. The summed E-state index contributed by atoms with van der Waals surface area (Å²) >= 11 is 0. The second kappa shape index (κ2) is 98.6. The number of hydrogen-bond acceptors (Lipinski definition) is 21. The van der Waals surface area contributed by atoms with Gasteiger partial charge in [-0.1, -0.05) is 219 Å². The number of Topliss-reactive ketones (excluding diaryl/α,β-unsaturated/α-hetero) is 1. The summed E-state index contributed by atoms with van der Waals surface area (Å²) in [4.78, 5) is 93.4. The van der Waals surface area contributed by atoms with Gasteiger partial charge in [-0.15, -0.1) is 0 Å². The fourth-order valence-electron chi connectivity index (χ4n) is 11.0. The van der Waals surface area contributed by atoms with E-state index in [1.807, 2.05) is 160 Å². The van der Waals surface area contributed by atoms with E-state index in [4.69, 9.17) is 43.0 Å². The van der Waals surface area contributed by atoms with Crippen LogP contribution in [0, 0.1) is 64.1 Å². The zero-order chi connectivity index (χ0) is 111. The fourth-order valence-corrected chi connectivity index (χ4v) is 11.6. The molecule has 28 heteroatoms. The number of rotatable bonds is 38. The van der Waals surface area contributed by atoms with Gasteiger partial charge in [-0.2, -0.15) is 0 Å². The summed E-state index contributed by atoms with van der Waals surface area (Å²) in [5.41, 5.74) is -0.103. The lowest BCUT2D eigenvalue weighted by molar-refractivity contribution is -0.146. The molecule has 4 aliphatic rings. The zero-order valence-corrected chi connectivity index (χ0v) is 102. The van der Waals surface area contributed by atoms with Gasteiger partial charge in [0.1, 0.15) is 28.3 Å². The van der Waals surface area contributed by atoms with Crippen LogP contribution in [0.1, 0.15) is 373 Å². The number of ketones is 1. The van der Waals surface area contributed by atoms with Crippen molar-refractivity contribution in [1.29, 1.82) is 0 Å². The number of piperidine rings is 1. The van der Waals surface area contributed by atoms with Crippen molar-refractivity contribution >= 4 is 51.1 Å². The highest BCUT2D eigenvalue weighted by atomic mass is 32.2. The second-order valence-corrected chi connectivity index (χ2v) is 46.3. The SMILES string of the molecule is CC(=O)C(C)(C)C(C)C.CC(C)C(=O)N1CCCCC1.CC(C)C(=O)N1CCN(C)CC1.CC(C)C(O)C(C)(C)C.CC(C)CC(=O)N(C)C.CC(C)CC(=O)N1CCN(C)CC1.CC(C)CCC(=O)N(C)C.CC(C)OC1COC1.CC(C)OCC(=O)N(C)C.CC(C)OCCCS(C)(=O)=O.CCC(O)COC(C)C.CCCC(C)C.CCCCC(C)C.CCCOC(C)C.COCCOC(C)C. The van der Waals surface area contributed by atoms with E-state index in [0.717, 1.165) is 116 Å². The number of aliphatic hydroxyl groups is 2. The van der Waals surface area contributed by atoms with Crippen molar-refractivity contribution in [2.24, 2.45) is 64.1 Å². The maximum atomic E-state index is 11.6. The Morgan fingerprint density at radius 2 is 0.820 bits per heavy atom. The summed E-state index contributed by atoms with van der Waals surface area (Å²) in [5.74, 6) is 6.40. The van der Waals surface area contributed by atoms with Gasteiger partial charge < -0.3 is 87.3 Å². The predicted octanol–water partition coefficient (Wildman–Crippen LogP) is 21.3. The maximum Gasteiger partial charge on any atom is 0.248 e. The number of nitrogens with zero attached hydrogens (tertiary/aromatic N) is 8. The van der Waals surface area contributed by atoms with Gasteiger partial charge in [-0.3, -0.25) is 33.6 Å². The Balaban J connectivity index is -0.000000141. The molecule has 2 unspecified atom stereocenters. The van der Waals surface area contributed by atoms with Crippen LogP contribution in [0.2, 0.25) is 0 Å². The van der Waals surface area contributed by atoms with Crippen molar-refractivity contribution in [3.05, 3.63) is 0 Å². The first-order valence-corrected chi connectivity index (χ1v) is 55.5. The number of unbranched alkanes of at least 4 members (excludes halogenated alkanes) is 1. The molecule has 4 saturated heterocycles. The Hall–Kier alpha value is -4.04. The molecule has 4 heterocycles. The number of amides is 6. The Bertz CT molecular complexity index is 2820. The molecule has 6 amide bonds. The summed E-state index contributed by atoms with van der Waals surface area (Å²) in [5, 5.41) is 18.4. The quantitative estimate of drug-likeness (QED) is 0.0543. The van der Waals surface area contributed by atoms with Crippen LogP contribution < -0.4 is 0 Å². The van der Waals surface area contributed by atoms with E-state index < -0.39 is 9.84 Å². The average molecular weight is 2020 g/mol. The molecule has 0 aliphatic carbocycles. The molecule has 0 spiro atoms. The lowest BCUT2D eigenvalue weighted by atomic mass is 9.78. The third-order valence-electron chi connectivity index (χ3n) is 21.0. The third kappa shape index (κ3) is 124. The Labute approximate surface area is 861 Å². The minimum Gasteiger partial charge on any atom is -0.392 e. The average Bonchev–Trinajstić information content (AvgIpc) is 1.05. The number of likely N-dealkylation sites (tertiary alicyclic amines) is 1. The van der Waals surface area contributed by atoms with E-state index in [9.17, 15) is 47.1 Å². The molecule has 139 heavy (non-hydrogen) atoms. The summed E-state index contributed by atoms with van der Waals surface area (Å²) in [6, 6.07) is 0. The Morgan fingerprint density at radius 1 is 0.432 bits per heavy atom. The molecule has 842 valence electrons. The predicted molar refractivity (Wildman–Crippen MR) is 590 cm³/mol. The van der Waals surface area contributed by atoms with Crippen LogP contribution in [0.25, 0.3) is 0 Å². The van der Waals surface area contributed by atoms with Crippen LogP contribution in [0.3, 0.4) is 0 Å². The standard InChI is InChI=1S/C10H20N2O.C9H18N2O.C9H17NO.C8H17NO.C8H18O.C8H16O.C7H15NO2.C7H15NO.C7H16O3S.C7H16O2.C7H16.C6H12O2.C6H14O2.C6H14O.C6H14/c1-9(2)8-10(13)12-6-4-11(3)5-7-12;1-8(2)9(12)11-6-4-10(3)5-7-11;1-8(2)9(11)10-6-4-3-5-7-10;1-7(2)5-6-8(10)9(3)4;1-6(2)7(9)8(3,4)5;1-6(2)8(4,5)7(3)9;1-6(2)10-5-7(9)8(3)4;1-6(2)5-7(9)8(3)4;1-7(2)10-5-4-6-11(3,8)9;1-4-7(8)5-9-6(2)3;1-4-5-6-7(2)3;1-5(2)8-6-3-7-4-6;1-6(2)8-5-4-7-3;1-4-5-7-6(2)3;1-4-5-6(2)3/h9H,4-8H2,1-3H3;8H,4-7H2,1-3H3;8H,3-7H2,1-2H3;7H,5-6H2,1-4H3;6-7,9H,1-5H3;6H,1-5H3;6H,5H2,1-4H3;6H,5H2,1-4H3;7H,4-6H2,1-3H3;6-8H,4-5H2,1-3H3;7H,4-6H2,1-3H3;5-6H,3-4H2,1-2H3;6H,4-5H2,1-3H3;6H,4-5H2,1-3H3;6H,4-5H2,1-3H3. The Morgan fingerprint density at radius 3 is 1.06 bits per heavy atom. The Kier molecular flexibility index (Phi) is 112. The molecule has 0 bridgehead atoms. The molecule has 0 aromatic rings. The normalized spacial score (nSPS) is 14.2.